The summed E-state index contributed by atoms with van der Waals surface area (Å²) in [6, 6.07) is 5.55. The Bertz CT molecular complexity index is 491. The molecule has 0 aliphatic carbocycles. The quantitative estimate of drug-likeness (QED) is 0.628. The van der Waals surface area contributed by atoms with E-state index in [0.29, 0.717) is 0 Å². The summed E-state index contributed by atoms with van der Waals surface area (Å²) >= 11 is 0. The van der Waals surface area contributed by atoms with Crippen molar-refractivity contribution in [2.45, 2.75) is 6.92 Å². The summed E-state index contributed by atoms with van der Waals surface area (Å²) in [5.41, 5.74) is 1.84. The van der Waals surface area contributed by atoms with Crippen LogP contribution in [0.25, 0.3) is 5.82 Å². The molecule has 3 nitrogen and oxygen atoms in total. The van der Waals surface area contributed by atoms with Crippen molar-refractivity contribution in [2.24, 2.45) is 0 Å². The second-order valence-electron chi connectivity index (χ2n) is 2.93. The second-order valence-corrected chi connectivity index (χ2v) is 2.93. The lowest BCUT2D eigenvalue weighted by Crippen LogP contribution is -2.01. The van der Waals surface area contributed by atoms with Gasteiger partial charge in [0.2, 0.25) is 0 Å². The molecule has 0 aromatic carbocycles. The van der Waals surface area contributed by atoms with E-state index in [1.807, 2.05) is 19.1 Å². The Kier molecular flexibility index (Phi) is 2.04. The van der Waals surface area contributed by atoms with Gasteiger partial charge in [-0.3, -0.25) is 0 Å². The molecule has 0 N–H and O–H groups in total. The summed E-state index contributed by atoms with van der Waals surface area (Å²) in [5, 5.41) is 4.15. The van der Waals surface area contributed by atoms with E-state index in [9.17, 15) is 0 Å². The number of rotatable bonds is 1. The Hall–Kier alpha value is -2.08. The van der Waals surface area contributed by atoms with E-state index in [-0.39, 0.29) is 0 Å². The van der Waals surface area contributed by atoms with Gasteiger partial charge >= 0.3 is 0 Å². The van der Waals surface area contributed by atoms with Crippen molar-refractivity contribution in [1.29, 1.82) is 0 Å². The zero-order chi connectivity index (χ0) is 9.97. The summed E-state index contributed by atoms with van der Waals surface area (Å²) in [6.07, 6.45) is 8.72. The standard InChI is InChI=1S/C11H9N3/c1-3-10-5-6-12-11(8-10)14-9(2)4-7-13-14/h1,4-8H,2H3. The van der Waals surface area contributed by atoms with Gasteiger partial charge in [0.1, 0.15) is 0 Å². The number of pyridine rings is 1. The number of nitrogens with zero attached hydrogens (tertiary/aromatic N) is 3. The van der Waals surface area contributed by atoms with Crippen LogP contribution in [0.3, 0.4) is 0 Å². The van der Waals surface area contributed by atoms with Gasteiger partial charge in [-0.15, -0.1) is 6.42 Å². The fourth-order valence-corrected chi connectivity index (χ4v) is 1.23. The van der Waals surface area contributed by atoms with Crippen molar-refractivity contribution in [2.75, 3.05) is 0 Å². The van der Waals surface area contributed by atoms with Crippen molar-refractivity contribution in [3.8, 4) is 18.2 Å². The number of aryl methyl sites for hydroxylation is 1. The van der Waals surface area contributed by atoms with Crippen LogP contribution in [-0.2, 0) is 0 Å². The first-order chi connectivity index (χ1) is 6.81. The van der Waals surface area contributed by atoms with Crippen molar-refractivity contribution in [3.63, 3.8) is 0 Å². The third-order valence-corrected chi connectivity index (χ3v) is 1.96. The SMILES string of the molecule is C#Cc1ccnc(-n2nccc2C)c1. The molecule has 0 saturated heterocycles. The van der Waals surface area contributed by atoms with E-state index in [2.05, 4.69) is 16.0 Å². The molecule has 0 spiro atoms. The molecule has 0 aliphatic heterocycles. The molecule has 2 aromatic rings. The molecular formula is C11H9N3. The molecule has 0 saturated carbocycles. The normalized spacial score (nSPS) is 9.71. The van der Waals surface area contributed by atoms with Crippen LogP contribution >= 0.6 is 0 Å². The highest BCUT2D eigenvalue weighted by Crippen LogP contribution is 2.07. The van der Waals surface area contributed by atoms with Crippen LogP contribution in [0.2, 0.25) is 0 Å². The van der Waals surface area contributed by atoms with Gasteiger partial charge in [-0.2, -0.15) is 5.10 Å². The fraction of sp³-hybridized carbons (Fsp3) is 0.0909. The molecule has 0 bridgehead atoms. The third kappa shape index (κ3) is 1.38. The first-order valence-corrected chi connectivity index (χ1v) is 4.25. The number of aromatic nitrogens is 3. The molecular weight excluding hydrogens is 174 g/mol. The van der Waals surface area contributed by atoms with Crippen LogP contribution in [0.5, 0.6) is 0 Å². The van der Waals surface area contributed by atoms with E-state index < -0.39 is 0 Å². The summed E-state index contributed by atoms with van der Waals surface area (Å²) in [6.45, 7) is 1.97. The maximum absolute atomic E-state index is 5.30. The molecule has 2 heterocycles. The minimum Gasteiger partial charge on any atom is -0.237 e. The molecule has 0 radical (unpaired) electrons. The molecule has 0 amide bonds. The molecule has 0 fully saturated rings. The molecule has 14 heavy (non-hydrogen) atoms. The van der Waals surface area contributed by atoms with Crippen molar-refractivity contribution < 1.29 is 0 Å². The minimum absolute atomic E-state index is 0.753. The first kappa shape index (κ1) is 8.52. The maximum atomic E-state index is 5.30. The van der Waals surface area contributed by atoms with Crippen molar-refractivity contribution in [3.05, 3.63) is 41.9 Å². The zero-order valence-electron chi connectivity index (χ0n) is 7.81. The average molecular weight is 183 g/mol. The fourth-order valence-electron chi connectivity index (χ4n) is 1.23. The molecule has 3 heteroatoms. The topological polar surface area (TPSA) is 30.7 Å². The van der Waals surface area contributed by atoms with E-state index in [0.717, 1.165) is 17.1 Å². The first-order valence-electron chi connectivity index (χ1n) is 4.25. The lowest BCUT2D eigenvalue weighted by molar-refractivity contribution is 0.817. The van der Waals surface area contributed by atoms with Gasteiger partial charge in [0, 0.05) is 23.7 Å². The van der Waals surface area contributed by atoms with Gasteiger partial charge in [-0.25, -0.2) is 9.67 Å². The molecule has 0 atom stereocenters. The van der Waals surface area contributed by atoms with Crippen LogP contribution in [0.4, 0.5) is 0 Å². The van der Waals surface area contributed by atoms with Crippen LogP contribution in [0.1, 0.15) is 11.3 Å². The van der Waals surface area contributed by atoms with Crippen molar-refractivity contribution >= 4 is 0 Å². The largest absolute Gasteiger partial charge is 0.237 e. The number of hydrogen-bond donors (Lipinski definition) is 0. The molecule has 2 rings (SSSR count). The minimum atomic E-state index is 0.753. The third-order valence-electron chi connectivity index (χ3n) is 1.96. The van der Waals surface area contributed by atoms with Crippen LogP contribution in [-0.4, -0.2) is 14.8 Å². The highest BCUT2D eigenvalue weighted by molar-refractivity contribution is 5.37. The van der Waals surface area contributed by atoms with Gasteiger partial charge < -0.3 is 0 Å². The summed E-state index contributed by atoms with van der Waals surface area (Å²) < 4.78 is 1.75. The Morgan fingerprint density at radius 3 is 2.86 bits per heavy atom. The second kappa shape index (κ2) is 3.35. The monoisotopic (exact) mass is 183 g/mol. The molecule has 0 unspecified atom stereocenters. The van der Waals surface area contributed by atoms with Gasteiger partial charge in [-0.1, -0.05) is 5.92 Å². The highest BCUT2D eigenvalue weighted by atomic mass is 15.3. The van der Waals surface area contributed by atoms with E-state index >= 15 is 0 Å². The van der Waals surface area contributed by atoms with Gasteiger partial charge in [0.25, 0.3) is 0 Å². The van der Waals surface area contributed by atoms with Crippen LogP contribution < -0.4 is 0 Å². The summed E-state index contributed by atoms with van der Waals surface area (Å²) in [7, 11) is 0. The Balaban J connectivity index is 2.53. The zero-order valence-corrected chi connectivity index (χ0v) is 7.81. The molecule has 0 aliphatic rings. The van der Waals surface area contributed by atoms with Crippen molar-refractivity contribution in [1.82, 2.24) is 14.8 Å². The van der Waals surface area contributed by atoms with Gasteiger partial charge in [0.05, 0.1) is 0 Å². The molecule has 2 aromatic heterocycles. The Morgan fingerprint density at radius 2 is 2.21 bits per heavy atom. The smallest absolute Gasteiger partial charge is 0.154 e. The van der Waals surface area contributed by atoms with Gasteiger partial charge in [0.15, 0.2) is 5.82 Å². The van der Waals surface area contributed by atoms with Gasteiger partial charge in [-0.05, 0) is 25.1 Å². The number of terminal acetylenes is 1. The predicted molar refractivity (Wildman–Crippen MR) is 54.0 cm³/mol. The Labute approximate surface area is 82.4 Å². The molecule has 68 valence electrons. The van der Waals surface area contributed by atoms with E-state index in [4.69, 9.17) is 6.42 Å². The van der Waals surface area contributed by atoms with Crippen LogP contribution in [0, 0.1) is 19.3 Å². The number of hydrogen-bond acceptors (Lipinski definition) is 2. The highest BCUT2D eigenvalue weighted by Gasteiger charge is 2.01. The Morgan fingerprint density at radius 1 is 1.36 bits per heavy atom. The lowest BCUT2D eigenvalue weighted by atomic mass is 10.3. The summed E-state index contributed by atoms with van der Waals surface area (Å²) in [4.78, 5) is 4.20. The van der Waals surface area contributed by atoms with E-state index in [1.165, 1.54) is 0 Å². The average Bonchev–Trinajstić information content (AvgIpc) is 2.65. The predicted octanol–water partition coefficient (Wildman–Crippen LogP) is 1.56. The summed E-state index contributed by atoms with van der Waals surface area (Å²) in [5.74, 6) is 3.32. The van der Waals surface area contributed by atoms with Crippen LogP contribution in [0.15, 0.2) is 30.6 Å². The maximum Gasteiger partial charge on any atom is 0.154 e. The lowest BCUT2D eigenvalue weighted by Gasteiger charge is -2.02. The van der Waals surface area contributed by atoms with E-state index in [1.54, 1.807) is 23.1 Å².